The van der Waals surface area contributed by atoms with E-state index in [0.717, 1.165) is 11.8 Å². The van der Waals surface area contributed by atoms with Crippen molar-refractivity contribution in [1.82, 2.24) is 0 Å². The summed E-state index contributed by atoms with van der Waals surface area (Å²) in [6.45, 7) is 4.69. The molecule has 0 saturated heterocycles. The lowest BCUT2D eigenvalue weighted by atomic mass is 9.80. The lowest BCUT2D eigenvalue weighted by Crippen LogP contribution is -2.17. The van der Waals surface area contributed by atoms with Crippen molar-refractivity contribution in [3.05, 3.63) is 0 Å². The summed E-state index contributed by atoms with van der Waals surface area (Å²) in [5.74, 6) is 4.49. The average Bonchev–Trinajstić information content (AvgIpc) is 2.35. The second kappa shape index (κ2) is 1.74. The maximum absolute atomic E-state index is 2.34. The first-order valence-corrected chi connectivity index (χ1v) is 4.27. The highest BCUT2D eigenvalue weighted by Crippen LogP contribution is 2.61. The van der Waals surface area contributed by atoms with Crippen LogP contribution in [0.25, 0.3) is 0 Å². The van der Waals surface area contributed by atoms with Crippen LogP contribution in [0.3, 0.4) is 0 Å². The Balaban J connectivity index is 1.75. The van der Waals surface area contributed by atoms with E-state index in [0.29, 0.717) is 0 Å². The maximum Gasteiger partial charge on any atom is -0.0354 e. The Bertz CT molecular complexity index is 115. The summed E-state index contributed by atoms with van der Waals surface area (Å²) in [6, 6.07) is 0. The quantitative estimate of drug-likeness (QED) is 0.531. The van der Waals surface area contributed by atoms with Gasteiger partial charge in [0.05, 0.1) is 0 Å². The van der Waals surface area contributed by atoms with Crippen LogP contribution in [0.15, 0.2) is 0 Å². The Hall–Kier alpha value is 0. The Morgan fingerprint density at radius 3 is 2.44 bits per heavy atom. The molecule has 9 heavy (non-hydrogen) atoms. The van der Waals surface area contributed by atoms with Gasteiger partial charge in [-0.05, 0) is 42.9 Å². The zero-order valence-corrected chi connectivity index (χ0v) is 6.43. The highest BCUT2D eigenvalue weighted by atomic mass is 14.6. The van der Waals surface area contributed by atoms with Crippen molar-refractivity contribution in [2.24, 2.45) is 23.7 Å². The molecule has 3 unspecified atom stereocenters. The lowest BCUT2D eigenvalue weighted by molar-refractivity contribution is 0.242. The highest BCUT2D eigenvalue weighted by molar-refractivity contribution is 5.02. The van der Waals surface area contributed by atoms with Gasteiger partial charge in [0.25, 0.3) is 0 Å². The molecule has 0 radical (unpaired) electrons. The second-order valence-corrected chi connectivity index (χ2v) is 4.28. The fourth-order valence-electron chi connectivity index (χ4n) is 2.36. The van der Waals surface area contributed by atoms with E-state index in [4.69, 9.17) is 0 Å². The van der Waals surface area contributed by atoms with Crippen LogP contribution >= 0.6 is 0 Å². The molecule has 2 aliphatic rings. The minimum Gasteiger partial charge on any atom is -0.0628 e. The molecule has 2 aliphatic carbocycles. The van der Waals surface area contributed by atoms with Crippen molar-refractivity contribution in [2.45, 2.75) is 33.1 Å². The minimum absolute atomic E-state index is 0.941. The van der Waals surface area contributed by atoms with Gasteiger partial charge in [-0.25, -0.2) is 0 Å². The minimum atomic E-state index is 0.941. The fourth-order valence-corrected chi connectivity index (χ4v) is 2.36. The average molecular weight is 124 g/mol. The molecule has 2 fully saturated rings. The number of hydrogen-bond acceptors (Lipinski definition) is 0. The van der Waals surface area contributed by atoms with E-state index in [-0.39, 0.29) is 0 Å². The second-order valence-electron chi connectivity index (χ2n) is 4.28. The largest absolute Gasteiger partial charge is 0.0628 e. The summed E-state index contributed by atoms with van der Waals surface area (Å²) >= 11 is 0. The molecule has 0 spiro atoms. The van der Waals surface area contributed by atoms with Crippen LogP contribution in [0.5, 0.6) is 0 Å². The molecule has 0 heterocycles. The van der Waals surface area contributed by atoms with Crippen molar-refractivity contribution in [3.8, 4) is 0 Å². The maximum atomic E-state index is 2.34. The summed E-state index contributed by atoms with van der Waals surface area (Å²) in [5.41, 5.74) is 0. The van der Waals surface area contributed by atoms with Crippen LogP contribution in [-0.4, -0.2) is 0 Å². The molecule has 0 aromatic heterocycles. The monoisotopic (exact) mass is 124 g/mol. The molecule has 0 aromatic rings. The van der Waals surface area contributed by atoms with Gasteiger partial charge in [0, 0.05) is 0 Å². The van der Waals surface area contributed by atoms with Gasteiger partial charge in [-0.3, -0.25) is 0 Å². The van der Waals surface area contributed by atoms with Gasteiger partial charge in [0.1, 0.15) is 0 Å². The van der Waals surface area contributed by atoms with Crippen LogP contribution in [0.1, 0.15) is 33.1 Å². The Morgan fingerprint density at radius 2 is 2.11 bits per heavy atom. The first-order valence-electron chi connectivity index (χ1n) is 4.27. The Labute approximate surface area is 57.6 Å². The lowest BCUT2D eigenvalue weighted by Gasteiger charge is -2.26. The number of fused-ring (bicyclic) bond motifs is 1. The number of rotatable bonds is 2. The summed E-state index contributed by atoms with van der Waals surface area (Å²) in [5, 5.41) is 0. The van der Waals surface area contributed by atoms with Crippen molar-refractivity contribution in [2.75, 3.05) is 0 Å². The zero-order chi connectivity index (χ0) is 6.43. The van der Waals surface area contributed by atoms with E-state index in [1.807, 2.05) is 0 Å². The van der Waals surface area contributed by atoms with Gasteiger partial charge >= 0.3 is 0 Å². The molecule has 3 atom stereocenters. The zero-order valence-electron chi connectivity index (χ0n) is 6.43. The van der Waals surface area contributed by atoms with Crippen LogP contribution in [0, 0.1) is 23.7 Å². The highest BCUT2D eigenvalue weighted by Gasteiger charge is 2.52. The van der Waals surface area contributed by atoms with Gasteiger partial charge in [-0.15, -0.1) is 0 Å². The van der Waals surface area contributed by atoms with E-state index in [1.54, 1.807) is 12.8 Å². The van der Waals surface area contributed by atoms with Crippen LogP contribution in [0.4, 0.5) is 0 Å². The van der Waals surface area contributed by atoms with Crippen LogP contribution in [0.2, 0.25) is 0 Å². The van der Waals surface area contributed by atoms with Gasteiger partial charge in [0.2, 0.25) is 0 Å². The van der Waals surface area contributed by atoms with E-state index in [9.17, 15) is 0 Å². The molecule has 0 bridgehead atoms. The molecule has 0 heteroatoms. The first-order chi connectivity index (χ1) is 4.27. The van der Waals surface area contributed by atoms with Crippen molar-refractivity contribution in [3.63, 3.8) is 0 Å². The fraction of sp³-hybridized carbons (Fsp3) is 1.00. The summed E-state index contributed by atoms with van der Waals surface area (Å²) in [7, 11) is 0. The topological polar surface area (TPSA) is 0 Å². The third-order valence-corrected chi connectivity index (χ3v) is 2.96. The van der Waals surface area contributed by atoms with Gasteiger partial charge < -0.3 is 0 Å². The van der Waals surface area contributed by atoms with E-state index in [2.05, 4.69) is 13.8 Å². The Kier molecular flexibility index (Phi) is 1.12. The third kappa shape index (κ3) is 0.889. The van der Waals surface area contributed by atoms with Crippen LogP contribution < -0.4 is 0 Å². The molecule has 0 aliphatic heterocycles. The summed E-state index contributed by atoms with van der Waals surface area (Å²) < 4.78 is 0. The molecule has 2 rings (SSSR count). The number of hydrogen-bond donors (Lipinski definition) is 0. The summed E-state index contributed by atoms with van der Waals surface area (Å²) in [6.07, 6.45) is 4.65. The smallest absolute Gasteiger partial charge is 0.0354 e. The van der Waals surface area contributed by atoms with Gasteiger partial charge in [-0.2, -0.15) is 0 Å². The molecule has 0 amide bonds. The molecular formula is C9H16. The van der Waals surface area contributed by atoms with Crippen molar-refractivity contribution >= 4 is 0 Å². The normalized spacial score (nSPS) is 46.3. The van der Waals surface area contributed by atoms with Crippen molar-refractivity contribution in [1.29, 1.82) is 0 Å². The van der Waals surface area contributed by atoms with Crippen LogP contribution in [-0.2, 0) is 0 Å². The molecular weight excluding hydrogens is 108 g/mol. The summed E-state index contributed by atoms with van der Waals surface area (Å²) in [4.78, 5) is 0. The van der Waals surface area contributed by atoms with E-state index >= 15 is 0 Å². The molecule has 0 nitrogen and oxygen atoms in total. The molecule has 52 valence electrons. The SMILES string of the molecule is CC(C)CC1CC2CC12. The standard InChI is InChI=1S/C9H16/c1-6(2)3-7-4-8-5-9(7)8/h6-9H,3-5H2,1-2H3. The third-order valence-electron chi connectivity index (χ3n) is 2.96. The van der Waals surface area contributed by atoms with E-state index in [1.165, 1.54) is 18.3 Å². The predicted octanol–water partition coefficient (Wildman–Crippen LogP) is 2.69. The molecule has 0 aromatic carbocycles. The van der Waals surface area contributed by atoms with Gasteiger partial charge in [0.15, 0.2) is 0 Å². The van der Waals surface area contributed by atoms with E-state index < -0.39 is 0 Å². The molecule has 0 N–H and O–H groups in total. The Morgan fingerprint density at radius 1 is 1.33 bits per heavy atom. The van der Waals surface area contributed by atoms with Gasteiger partial charge in [-0.1, -0.05) is 13.8 Å². The molecule has 2 saturated carbocycles. The van der Waals surface area contributed by atoms with Crippen molar-refractivity contribution < 1.29 is 0 Å². The predicted molar refractivity (Wildman–Crippen MR) is 39.2 cm³/mol. The first kappa shape index (κ1) is 5.76.